The number of ketones is 4. The summed E-state index contributed by atoms with van der Waals surface area (Å²) in [6.45, 7) is 15.1. The minimum Gasteiger partial charge on any atom is -0.390 e. The van der Waals surface area contributed by atoms with E-state index in [0.29, 0.717) is 0 Å². The Bertz CT molecular complexity index is 867. The third-order valence-corrected chi connectivity index (χ3v) is 8.39. The molecule has 5 nitrogen and oxygen atoms in total. The van der Waals surface area contributed by atoms with E-state index in [2.05, 4.69) is 0 Å². The van der Waals surface area contributed by atoms with Gasteiger partial charge in [-0.3, -0.25) is 19.2 Å². The fourth-order valence-electron chi connectivity index (χ4n) is 7.04. The van der Waals surface area contributed by atoms with Crippen LogP contribution in [0.4, 0.5) is 0 Å². The summed E-state index contributed by atoms with van der Waals surface area (Å²) < 4.78 is 0. The molecule has 0 amide bonds. The number of fused-ring (bicyclic) bond motifs is 1. The topological polar surface area (TPSA) is 88.5 Å². The number of carbonyl (C=O) groups is 4. The first-order chi connectivity index (χ1) is 14.0. The minimum absolute atomic E-state index is 0.0227. The molecule has 0 aromatic rings. The van der Waals surface area contributed by atoms with Gasteiger partial charge >= 0.3 is 0 Å². The van der Waals surface area contributed by atoms with E-state index in [-0.39, 0.29) is 55.0 Å². The molecule has 0 aromatic carbocycles. The standard InChI is InChI=1S/C26H38O5/c1-14(2)9-10-25-12-18-23(5,6)17(24(7,8)31)13-26(18,22(25)30)21(29)19(20(25)28)16(27)11-15(3)4/h9,15,17-19,31H,10-13H2,1-8H3/t17-,18-,19?,25?,26+/m0/s1. The number of rotatable bonds is 6. The van der Waals surface area contributed by atoms with Crippen molar-refractivity contribution in [3.8, 4) is 0 Å². The first kappa shape index (κ1) is 24.0. The average Bonchev–Trinajstić information content (AvgIpc) is 2.97. The van der Waals surface area contributed by atoms with Crippen LogP contribution in [0.1, 0.15) is 81.1 Å². The molecular weight excluding hydrogens is 392 g/mol. The molecule has 5 atom stereocenters. The molecule has 0 aliphatic heterocycles. The molecule has 0 heterocycles. The van der Waals surface area contributed by atoms with Crippen molar-refractivity contribution in [3.05, 3.63) is 11.6 Å². The van der Waals surface area contributed by atoms with Crippen molar-refractivity contribution >= 4 is 23.1 Å². The maximum atomic E-state index is 14.0. The van der Waals surface area contributed by atoms with Gasteiger partial charge in [-0.2, -0.15) is 0 Å². The van der Waals surface area contributed by atoms with Crippen molar-refractivity contribution in [2.45, 2.75) is 86.7 Å². The lowest BCUT2D eigenvalue weighted by Crippen LogP contribution is -2.59. The zero-order valence-electron chi connectivity index (χ0n) is 20.3. The van der Waals surface area contributed by atoms with Gasteiger partial charge in [-0.15, -0.1) is 0 Å². The summed E-state index contributed by atoms with van der Waals surface area (Å²) in [6, 6.07) is 0. The summed E-state index contributed by atoms with van der Waals surface area (Å²) in [5, 5.41) is 10.9. The predicted octanol–water partition coefficient (Wildman–Crippen LogP) is 4.10. The van der Waals surface area contributed by atoms with Crippen LogP contribution in [0.3, 0.4) is 0 Å². The van der Waals surface area contributed by atoms with E-state index in [1.165, 1.54) is 0 Å². The number of allylic oxidation sites excluding steroid dienone is 2. The maximum Gasteiger partial charge on any atom is 0.164 e. The highest BCUT2D eigenvalue weighted by atomic mass is 16.3. The summed E-state index contributed by atoms with van der Waals surface area (Å²) in [5.74, 6) is -3.61. The molecular formula is C26H38O5. The lowest BCUT2D eigenvalue weighted by Gasteiger charge is -2.41. The quantitative estimate of drug-likeness (QED) is 0.506. The summed E-state index contributed by atoms with van der Waals surface area (Å²) in [5.41, 5.74) is -3.27. The highest BCUT2D eigenvalue weighted by Crippen LogP contribution is 2.72. The summed E-state index contributed by atoms with van der Waals surface area (Å²) in [6.07, 6.45) is 2.78. The Labute approximate surface area is 186 Å². The first-order valence-electron chi connectivity index (χ1n) is 11.6. The molecule has 3 saturated carbocycles. The molecule has 3 aliphatic rings. The van der Waals surface area contributed by atoms with Crippen LogP contribution in [0.25, 0.3) is 0 Å². The first-order valence-corrected chi connectivity index (χ1v) is 11.6. The van der Waals surface area contributed by atoms with Crippen molar-refractivity contribution in [1.29, 1.82) is 0 Å². The molecule has 0 aromatic heterocycles. The molecule has 0 radical (unpaired) electrons. The molecule has 31 heavy (non-hydrogen) atoms. The van der Waals surface area contributed by atoms with Crippen LogP contribution in [0.15, 0.2) is 11.6 Å². The van der Waals surface area contributed by atoms with Gasteiger partial charge in [-0.1, -0.05) is 39.3 Å². The fourth-order valence-corrected chi connectivity index (χ4v) is 7.04. The van der Waals surface area contributed by atoms with Crippen LogP contribution in [0, 0.1) is 39.9 Å². The van der Waals surface area contributed by atoms with E-state index in [4.69, 9.17) is 0 Å². The van der Waals surface area contributed by atoms with Gasteiger partial charge in [-0.05, 0) is 70.1 Å². The van der Waals surface area contributed by atoms with Gasteiger partial charge in [0.1, 0.15) is 5.92 Å². The minimum atomic E-state index is -1.35. The zero-order chi connectivity index (χ0) is 23.7. The highest BCUT2D eigenvalue weighted by molar-refractivity contribution is 6.37. The van der Waals surface area contributed by atoms with Crippen molar-refractivity contribution in [2.75, 3.05) is 0 Å². The maximum absolute atomic E-state index is 14.0. The Hall–Kier alpha value is -1.62. The van der Waals surface area contributed by atoms with Gasteiger partial charge in [-0.25, -0.2) is 0 Å². The van der Waals surface area contributed by atoms with E-state index in [0.717, 1.165) is 5.57 Å². The Kier molecular flexibility index (Phi) is 5.58. The van der Waals surface area contributed by atoms with E-state index >= 15 is 0 Å². The molecule has 2 unspecified atom stereocenters. The number of Topliss-reactive ketones (excluding diaryl/α,β-unsaturated/α-hetero) is 4. The highest BCUT2D eigenvalue weighted by Gasteiger charge is 2.80. The van der Waals surface area contributed by atoms with Crippen LogP contribution in [0.2, 0.25) is 0 Å². The molecule has 1 spiro atoms. The molecule has 0 saturated heterocycles. The van der Waals surface area contributed by atoms with Gasteiger partial charge in [0.15, 0.2) is 23.1 Å². The summed E-state index contributed by atoms with van der Waals surface area (Å²) in [7, 11) is 0. The number of aliphatic hydroxyl groups is 1. The summed E-state index contributed by atoms with van der Waals surface area (Å²) >= 11 is 0. The lowest BCUT2D eigenvalue weighted by molar-refractivity contribution is -0.160. The van der Waals surface area contributed by atoms with Gasteiger partial charge in [0.2, 0.25) is 0 Å². The summed E-state index contributed by atoms with van der Waals surface area (Å²) in [4.78, 5) is 54.8. The molecule has 5 heteroatoms. The van der Waals surface area contributed by atoms with Crippen molar-refractivity contribution in [1.82, 2.24) is 0 Å². The Morgan fingerprint density at radius 2 is 1.71 bits per heavy atom. The lowest BCUT2D eigenvalue weighted by atomic mass is 9.58. The average molecular weight is 431 g/mol. The number of carbonyl (C=O) groups excluding carboxylic acids is 4. The second kappa shape index (κ2) is 7.19. The SMILES string of the molecule is CC(C)=CCC12C[C@H]3C(C)(C)[C@@H](C(C)(C)O)C[C@@]3(C(=O)C(C(=O)CC(C)C)C1=O)C2=O. The van der Waals surface area contributed by atoms with Gasteiger partial charge in [0, 0.05) is 6.42 Å². The van der Waals surface area contributed by atoms with Crippen LogP contribution in [-0.4, -0.2) is 33.8 Å². The van der Waals surface area contributed by atoms with Gasteiger partial charge < -0.3 is 5.11 Å². The molecule has 1 N–H and O–H groups in total. The van der Waals surface area contributed by atoms with E-state index in [1.807, 2.05) is 47.6 Å². The number of hydrogen-bond donors (Lipinski definition) is 1. The van der Waals surface area contributed by atoms with Crippen LogP contribution >= 0.6 is 0 Å². The fraction of sp³-hybridized carbons (Fsp3) is 0.769. The van der Waals surface area contributed by atoms with Gasteiger partial charge in [0.25, 0.3) is 0 Å². The van der Waals surface area contributed by atoms with E-state index in [1.54, 1.807) is 13.8 Å². The van der Waals surface area contributed by atoms with Crippen LogP contribution in [0.5, 0.6) is 0 Å². The second-order valence-electron chi connectivity index (χ2n) is 12.1. The van der Waals surface area contributed by atoms with Gasteiger partial charge in [0.05, 0.1) is 16.4 Å². The Balaban J connectivity index is 2.22. The van der Waals surface area contributed by atoms with Crippen LogP contribution < -0.4 is 0 Å². The third-order valence-electron chi connectivity index (χ3n) is 8.39. The number of hydrogen-bond acceptors (Lipinski definition) is 5. The molecule has 3 aliphatic carbocycles. The molecule has 2 bridgehead atoms. The zero-order valence-corrected chi connectivity index (χ0v) is 20.3. The van der Waals surface area contributed by atoms with Crippen molar-refractivity contribution < 1.29 is 24.3 Å². The Morgan fingerprint density at radius 1 is 1.13 bits per heavy atom. The van der Waals surface area contributed by atoms with E-state index < -0.39 is 39.3 Å². The third kappa shape index (κ3) is 3.21. The predicted molar refractivity (Wildman–Crippen MR) is 118 cm³/mol. The molecule has 3 rings (SSSR count). The largest absolute Gasteiger partial charge is 0.390 e. The van der Waals surface area contributed by atoms with E-state index in [9.17, 15) is 24.3 Å². The molecule has 172 valence electrons. The normalized spacial score (nSPS) is 36.7. The monoisotopic (exact) mass is 430 g/mol. The molecule has 3 fully saturated rings. The van der Waals surface area contributed by atoms with Crippen molar-refractivity contribution in [2.24, 2.45) is 39.9 Å². The smallest absolute Gasteiger partial charge is 0.164 e. The van der Waals surface area contributed by atoms with Crippen molar-refractivity contribution in [3.63, 3.8) is 0 Å². The second-order valence-corrected chi connectivity index (χ2v) is 12.1. The Morgan fingerprint density at radius 3 is 2.19 bits per heavy atom. The van der Waals surface area contributed by atoms with Crippen LogP contribution in [-0.2, 0) is 19.2 Å².